The lowest BCUT2D eigenvalue weighted by molar-refractivity contribution is -0.107. The van der Waals surface area contributed by atoms with E-state index in [2.05, 4.69) is 12.1 Å². The van der Waals surface area contributed by atoms with Crippen LogP contribution < -0.4 is 5.46 Å². The van der Waals surface area contributed by atoms with Gasteiger partial charge in [-0.15, -0.1) is 0 Å². The number of aliphatic hydroxyl groups is 2. The largest absolute Gasteiger partial charge is 0.387 e. The smallest absolute Gasteiger partial charge is 0.113 e. The van der Waals surface area contributed by atoms with Crippen LogP contribution in [0.1, 0.15) is 52.0 Å². The highest BCUT2D eigenvalue weighted by Gasteiger charge is 2.31. The molecular weight excluding hydrogens is 223 g/mol. The van der Waals surface area contributed by atoms with Crippen LogP contribution in [0.15, 0.2) is 24.3 Å². The van der Waals surface area contributed by atoms with Gasteiger partial charge in [0.2, 0.25) is 0 Å². The molecule has 1 aromatic carbocycles. The molecule has 2 nitrogen and oxygen atoms in total. The maximum absolute atomic E-state index is 9.10. The fraction of sp³-hybridized carbons (Fsp3) is 0.600. The first-order valence-electron chi connectivity index (χ1n) is 6.41. The molecule has 1 aromatic rings. The molecule has 0 unspecified atom stereocenters. The van der Waals surface area contributed by atoms with Gasteiger partial charge in [0, 0.05) is 0 Å². The molecular formula is C15H23BO2. The van der Waals surface area contributed by atoms with Gasteiger partial charge in [-0.2, -0.15) is 0 Å². The van der Waals surface area contributed by atoms with Gasteiger partial charge in [0.15, 0.2) is 0 Å². The zero-order valence-electron chi connectivity index (χ0n) is 11.8. The Bertz CT molecular complexity index is 355. The minimum absolute atomic E-state index is 0.848. The van der Waals surface area contributed by atoms with Gasteiger partial charge in [-0.3, -0.25) is 0 Å². The Kier molecular flexibility index (Phi) is 4.63. The van der Waals surface area contributed by atoms with Gasteiger partial charge in [0.05, 0.1) is 11.2 Å². The Balaban J connectivity index is 0.000000187. The van der Waals surface area contributed by atoms with Crippen LogP contribution in [0.4, 0.5) is 0 Å². The van der Waals surface area contributed by atoms with Gasteiger partial charge >= 0.3 is 0 Å². The van der Waals surface area contributed by atoms with E-state index < -0.39 is 11.2 Å². The highest BCUT2D eigenvalue weighted by atomic mass is 16.3. The van der Waals surface area contributed by atoms with Gasteiger partial charge in [0.1, 0.15) is 7.85 Å². The molecule has 0 atom stereocenters. The molecule has 2 N–H and O–H groups in total. The van der Waals surface area contributed by atoms with Crippen molar-refractivity contribution in [3.8, 4) is 0 Å². The van der Waals surface area contributed by atoms with Gasteiger partial charge in [-0.25, -0.2) is 0 Å². The minimum atomic E-state index is -1.01. The standard InChI is InChI=1S/C9H9B.C6H14O2/c10-9-5-3-8(4-6-9)7-1-2-7;1-5(2,7)6(3,4)8/h3-7H,1-2H2;7-8H,1-4H3. The molecule has 1 fully saturated rings. The van der Waals surface area contributed by atoms with Gasteiger partial charge in [-0.1, -0.05) is 29.7 Å². The highest BCUT2D eigenvalue weighted by Crippen LogP contribution is 2.39. The first-order valence-corrected chi connectivity index (χ1v) is 6.41. The number of hydrogen-bond acceptors (Lipinski definition) is 2. The van der Waals surface area contributed by atoms with E-state index in [9.17, 15) is 0 Å². The molecule has 18 heavy (non-hydrogen) atoms. The normalized spacial score (nSPS) is 15.9. The van der Waals surface area contributed by atoms with Crippen LogP contribution in [0.5, 0.6) is 0 Å². The van der Waals surface area contributed by atoms with Crippen LogP contribution in [0, 0.1) is 0 Å². The molecule has 0 bridgehead atoms. The van der Waals surface area contributed by atoms with Crippen molar-refractivity contribution in [2.75, 3.05) is 0 Å². The summed E-state index contributed by atoms with van der Waals surface area (Å²) in [5.41, 5.74) is 0.304. The molecule has 2 radical (unpaired) electrons. The second-order valence-electron chi connectivity index (χ2n) is 6.06. The van der Waals surface area contributed by atoms with Crippen LogP contribution in [-0.2, 0) is 0 Å². The monoisotopic (exact) mass is 246 g/mol. The molecule has 0 aromatic heterocycles. The molecule has 1 aliphatic rings. The van der Waals surface area contributed by atoms with E-state index in [1.807, 2.05) is 12.1 Å². The minimum Gasteiger partial charge on any atom is -0.387 e. The summed E-state index contributed by atoms with van der Waals surface area (Å²) in [7, 11) is 5.55. The Morgan fingerprint density at radius 2 is 1.33 bits per heavy atom. The summed E-state index contributed by atoms with van der Waals surface area (Å²) in [6.07, 6.45) is 2.73. The van der Waals surface area contributed by atoms with Crippen molar-refractivity contribution in [3.63, 3.8) is 0 Å². The second kappa shape index (κ2) is 5.46. The molecule has 0 saturated heterocycles. The fourth-order valence-electron chi connectivity index (χ4n) is 1.18. The third kappa shape index (κ3) is 4.83. The average Bonchev–Trinajstić information content (AvgIpc) is 3.00. The number of rotatable bonds is 2. The maximum atomic E-state index is 9.10. The van der Waals surface area contributed by atoms with E-state index in [1.165, 1.54) is 18.4 Å². The molecule has 2 rings (SSSR count). The Hall–Kier alpha value is -0.795. The van der Waals surface area contributed by atoms with E-state index in [1.54, 1.807) is 27.7 Å². The predicted molar refractivity (Wildman–Crippen MR) is 76.4 cm³/mol. The van der Waals surface area contributed by atoms with Gasteiger partial charge in [-0.05, 0) is 52.0 Å². The van der Waals surface area contributed by atoms with Gasteiger partial charge in [0.25, 0.3) is 0 Å². The zero-order chi connectivity index (χ0) is 14.0. The third-order valence-electron chi connectivity index (χ3n) is 3.48. The molecule has 1 aliphatic carbocycles. The summed E-state index contributed by atoms with van der Waals surface area (Å²) < 4.78 is 0. The Morgan fingerprint density at radius 1 is 0.944 bits per heavy atom. The lowest BCUT2D eigenvalue weighted by Crippen LogP contribution is -2.44. The third-order valence-corrected chi connectivity index (χ3v) is 3.48. The van der Waals surface area contributed by atoms with Crippen molar-refractivity contribution >= 4 is 13.3 Å². The van der Waals surface area contributed by atoms with Crippen molar-refractivity contribution in [1.82, 2.24) is 0 Å². The molecule has 1 saturated carbocycles. The summed E-state index contributed by atoms with van der Waals surface area (Å²) in [6, 6.07) is 8.22. The van der Waals surface area contributed by atoms with E-state index >= 15 is 0 Å². The maximum Gasteiger partial charge on any atom is 0.113 e. The lowest BCUT2D eigenvalue weighted by Gasteiger charge is -2.31. The number of benzene rings is 1. The fourth-order valence-corrected chi connectivity index (χ4v) is 1.18. The lowest BCUT2D eigenvalue weighted by atomic mass is 9.90. The van der Waals surface area contributed by atoms with Crippen molar-refractivity contribution in [1.29, 1.82) is 0 Å². The van der Waals surface area contributed by atoms with Crippen LogP contribution in [0.2, 0.25) is 0 Å². The first kappa shape index (κ1) is 15.3. The predicted octanol–water partition coefficient (Wildman–Crippen LogP) is 1.89. The van der Waals surface area contributed by atoms with E-state index in [4.69, 9.17) is 18.1 Å². The topological polar surface area (TPSA) is 40.5 Å². The van der Waals surface area contributed by atoms with Crippen LogP contribution in [-0.4, -0.2) is 29.3 Å². The number of hydrogen-bond donors (Lipinski definition) is 2. The van der Waals surface area contributed by atoms with Crippen LogP contribution >= 0.6 is 0 Å². The van der Waals surface area contributed by atoms with Crippen LogP contribution in [0.25, 0.3) is 0 Å². The Morgan fingerprint density at radius 3 is 1.61 bits per heavy atom. The SMILES string of the molecule is CC(C)(O)C(C)(C)O.[B]c1ccc(C2CC2)cc1. The zero-order valence-corrected chi connectivity index (χ0v) is 11.8. The highest BCUT2D eigenvalue weighted by molar-refractivity contribution is 6.32. The quantitative estimate of drug-likeness (QED) is 0.782. The van der Waals surface area contributed by atoms with Crippen molar-refractivity contribution in [2.24, 2.45) is 0 Å². The van der Waals surface area contributed by atoms with Crippen molar-refractivity contribution < 1.29 is 10.2 Å². The van der Waals surface area contributed by atoms with E-state index in [-0.39, 0.29) is 0 Å². The average molecular weight is 246 g/mol. The van der Waals surface area contributed by atoms with Crippen LogP contribution in [0.3, 0.4) is 0 Å². The summed E-state index contributed by atoms with van der Waals surface area (Å²) in [5.74, 6) is 0.848. The summed E-state index contributed by atoms with van der Waals surface area (Å²) in [5, 5.41) is 18.2. The van der Waals surface area contributed by atoms with Gasteiger partial charge < -0.3 is 10.2 Å². The summed E-state index contributed by atoms with van der Waals surface area (Å²) in [6.45, 7) is 6.31. The van der Waals surface area contributed by atoms with Crippen molar-refractivity contribution in [2.45, 2.75) is 57.7 Å². The second-order valence-corrected chi connectivity index (χ2v) is 6.06. The molecule has 3 heteroatoms. The molecule has 0 heterocycles. The first-order chi connectivity index (χ1) is 8.11. The van der Waals surface area contributed by atoms with Crippen molar-refractivity contribution in [3.05, 3.63) is 29.8 Å². The van der Waals surface area contributed by atoms with E-state index in [0.29, 0.717) is 0 Å². The molecule has 0 amide bonds. The van der Waals surface area contributed by atoms with E-state index in [0.717, 1.165) is 11.4 Å². The molecule has 98 valence electrons. The summed E-state index contributed by atoms with van der Waals surface area (Å²) >= 11 is 0. The summed E-state index contributed by atoms with van der Waals surface area (Å²) in [4.78, 5) is 0. The molecule has 0 spiro atoms. The molecule has 0 aliphatic heterocycles. The Labute approximate surface area is 111 Å².